The molecule has 2 N–H and O–H groups in total. The van der Waals surface area contributed by atoms with Gasteiger partial charge in [-0.3, -0.25) is 14.4 Å². The van der Waals surface area contributed by atoms with Crippen LogP contribution < -0.4 is 10.9 Å². The lowest BCUT2D eigenvalue weighted by molar-refractivity contribution is -0.138. The summed E-state index contributed by atoms with van der Waals surface area (Å²) < 4.78 is 5.26. The summed E-state index contributed by atoms with van der Waals surface area (Å²) in [6.07, 6.45) is 0. The van der Waals surface area contributed by atoms with E-state index in [-0.39, 0.29) is 23.2 Å². The SMILES string of the molecule is CC(C)C(NC(=O)c1nc2ccccc2c(=O)[nH]1)C(=O)N1CCOCC1. The molecule has 26 heavy (non-hydrogen) atoms. The van der Waals surface area contributed by atoms with Crippen LogP contribution in [0.2, 0.25) is 0 Å². The second-order valence-corrected chi connectivity index (χ2v) is 6.56. The fourth-order valence-electron chi connectivity index (χ4n) is 2.90. The Kier molecular flexibility index (Phi) is 5.32. The largest absolute Gasteiger partial charge is 0.378 e. The Balaban J connectivity index is 1.82. The standard InChI is InChI=1S/C18H22N4O4/c1-11(2)14(18(25)22-7-9-26-10-8-22)20-17(24)15-19-13-6-4-3-5-12(13)16(23)21-15/h3-6,11,14H,7-10H2,1-2H3,(H,20,24)(H,19,21,23). The Bertz CT molecular complexity index is 871. The van der Waals surface area contributed by atoms with Gasteiger partial charge in [0, 0.05) is 13.1 Å². The number of H-pyrrole nitrogens is 1. The summed E-state index contributed by atoms with van der Waals surface area (Å²) in [5, 5.41) is 3.13. The van der Waals surface area contributed by atoms with Crippen LogP contribution in [-0.4, -0.2) is 59.0 Å². The Morgan fingerprint density at radius 1 is 1.23 bits per heavy atom. The molecule has 0 bridgehead atoms. The van der Waals surface area contributed by atoms with E-state index in [0.717, 1.165) is 0 Å². The topological polar surface area (TPSA) is 104 Å². The zero-order chi connectivity index (χ0) is 18.7. The maximum atomic E-state index is 12.7. The van der Waals surface area contributed by atoms with Crippen LogP contribution in [0.25, 0.3) is 10.9 Å². The third-order valence-corrected chi connectivity index (χ3v) is 4.37. The molecule has 0 spiro atoms. The summed E-state index contributed by atoms with van der Waals surface area (Å²) in [5.74, 6) is -0.941. The van der Waals surface area contributed by atoms with Crippen molar-refractivity contribution in [1.29, 1.82) is 0 Å². The molecule has 8 heteroatoms. The van der Waals surface area contributed by atoms with Gasteiger partial charge in [-0.25, -0.2) is 4.98 Å². The summed E-state index contributed by atoms with van der Waals surface area (Å²) in [6, 6.07) is 6.09. The van der Waals surface area contributed by atoms with E-state index in [2.05, 4.69) is 15.3 Å². The van der Waals surface area contributed by atoms with E-state index in [1.165, 1.54) is 0 Å². The number of para-hydroxylation sites is 1. The average Bonchev–Trinajstić information content (AvgIpc) is 2.65. The fraction of sp³-hybridized carbons (Fsp3) is 0.444. The molecular formula is C18H22N4O4. The van der Waals surface area contributed by atoms with E-state index < -0.39 is 11.9 Å². The molecule has 1 aromatic heterocycles. The molecule has 1 aromatic carbocycles. The molecule has 0 radical (unpaired) electrons. The maximum Gasteiger partial charge on any atom is 0.287 e. The number of aromatic nitrogens is 2. The molecule has 1 fully saturated rings. The Hall–Kier alpha value is -2.74. The van der Waals surface area contributed by atoms with Crippen LogP contribution in [0.4, 0.5) is 0 Å². The summed E-state index contributed by atoms with van der Waals surface area (Å²) in [6.45, 7) is 5.71. The van der Waals surface area contributed by atoms with Crippen LogP contribution in [0.5, 0.6) is 0 Å². The van der Waals surface area contributed by atoms with Crippen LogP contribution in [0, 0.1) is 5.92 Å². The number of rotatable bonds is 4. The van der Waals surface area contributed by atoms with Crippen molar-refractivity contribution in [2.24, 2.45) is 5.92 Å². The molecular weight excluding hydrogens is 336 g/mol. The summed E-state index contributed by atoms with van der Waals surface area (Å²) in [5.41, 5.74) is 0.0448. The monoisotopic (exact) mass is 358 g/mol. The lowest BCUT2D eigenvalue weighted by Gasteiger charge is -2.32. The lowest BCUT2D eigenvalue weighted by Crippen LogP contribution is -2.54. The van der Waals surface area contributed by atoms with Crippen molar-refractivity contribution in [3.8, 4) is 0 Å². The van der Waals surface area contributed by atoms with Crippen LogP contribution in [0.3, 0.4) is 0 Å². The molecule has 0 saturated carbocycles. The van der Waals surface area contributed by atoms with E-state index in [9.17, 15) is 14.4 Å². The van der Waals surface area contributed by atoms with Gasteiger partial charge in [0.2, 0.25) is 5.91 Å². The van der Waals surface area contributed by atoms with Crippen molar-refractivity contribution in [1.82, 2.24) is 20.2 Å². The molecule has 2 heterocycles. The van der Waals surface area contributed by atoms with E-state index in [1.54, 1.807) is 29.2 Å². The molecule has 3 rings (SSSR count). The number of fused-ring (bicyclic) bond motifs is 1. The summed E-state index contributed by atoms with van der Waals surface area (Å²) >= 11 is 0. The minimum absolute atomic E-state index is 0.103. The molecule has 138 valence electrons. The number of morpholine rings is 1. The van der Waals surface area contributed by atoms with E-state index >= 15 is 0 Å². The smallest absolute Gasteiger partial charge is 0.287 e. The molecule has 1 unspecified atom stereocenters. The molecule has 1 atom stereocenters. The quantitative estimate of drug-likeness (QED) is 0.830. The van der Waals surface area contributed by atoms with Crippen molar-refractivity contribution in [3.63, 3.8) is 0 Å². The third kappa shape index (κ3) is 3.75. The molecule has 1 saturated heterocycles. The first-order valence-electron chi connectivity index (χ1n) is 8.64. The first-order chi connectivity index (χ1) is 12.5. The normalized spacial score (nSPS) is 15.9. The van der Waals surface area contributed by atoms with Gasteiger partial charge in [-0.05, 0) is 18.1 Å². The number of benzene rings is 1. The minimum Gasteiger partial charge on any atom is -0.378 e. The van der Waals surface area contributed by atoms with Crippen LogP contribution >= 0.6 is 0 Å². The van der Waals surface area contributed by atoms with Crippen LogP contribution in [0.1, 0.15) is 24.5 Å². The first kappa shape index (κ1) is 18.1. The van der Waals surface area contributed by atoms with Crippen molar-refractivity contribution in [2.45, 2.75) is 19.9 Å². The molecule has 2 aromatic rings. The molecule has 1 aliphatic heterocycles. The van der Waals surface area contributed by atoms with E-state index in [0.29, 0.717) is 37.2 Å². The number of nitrogens with one attached hydrogen (secondary N) is 2. The highest BCUT2D eigenvalue weighted by molar-refractivity contribution is 5.96. The number of hydrogen-bond donors (Lipinski definition) is 2. The molecule has 0 aliphatic carbocycles. The summed E-state index contributed by atoms with van der Waals surface area (Å²) in [4.78, 5) is 45.9. The lowest BCUT2D eigenvalue weighted by atomic mass is 10.0. The minimum atomic E-state index is -0.697. The Labute approximate surface area is 150 Å². The third-order valence-electron chi connectivity index (χ3n) is 4.37. The number of amides is 2. The van der Waals surface area contributed by atoms with Gasteiger partial charge >= 0.3 is 0 Å². The molecule has 1 aliphatic rings. The number of aromatic amines is 1. The highest BCUT2D eigenvalue weighted by Gasteiger charge is 2.30. The van der Waals surface area contributed by atoms with Crippen LogP contribution in [-0.2, 0) is 9.53 Å². The highest BCUT2D eigenvalue weighted by Crippen LogP contribution is 2.10. The van der Waals surface area contributed by atoms with Gasteiger partial charge in [-0.1, -0.05) is 26.0 Å². The van der Waals surface area contributed by atoms with Crippen molar-refractivity contribution < 1.29 is 14.3 Å². The Morgan fingerprint density at radius 3 is 2.62 bits per heavy atom. The number of carbonyl (C=O) groups is 2. The van der Waals surface area contributed by atoms with Gasteiger partial charge in [0.1, 0.15) is 6.04 Å². The molecule has 8 nitrogen and oxygen atoms in total. The van der Waals surface area contributed by atoms with Crippen molar-refractivity contribution in [3.05, 3.63) is 40.4 Å². The van der Waals surface area contributed by atoms with Gasteiger partial charge < -0.3 is 19.9 Å². The zero-order valence-electron chi connectivity index (χ0n) is 14.8. The van der Waals surface area contributed by atoms with Gasteiger partial charge in [0.05, 0.1) is 24.1 Å². The number of hydrogen-bond acceptors (Lipinski definition) is 5. The summed E-state index contributed by atoms with van der Waals surface area (Å²) in [7, 11) is 0. The predicted octanol–water partition coefficient (Wildman–Crippen LogP) is 0.536. The van der Waals surface area contributed by atoms with Gasteiger partial charge in [0.15, 0.2) is 5.82 Å². The number of carbonyl (C=O) groups excluding carboxylic acids is 2. The first-order valence-corrected chi connectivity index (χ1v) is 8.64. The van der Waals surface area contributed by atoms with Crippen LogP contribution in [0.15, 0.2) is 29.1 Å². The second kappa shape index (κ2) is 7.65. The second-order valence-electron chi connectivity index (χ2n) is 6.56. The zero-order valence-corrected chi connectivity index (χ0v) is 14.8. The average molecular weight is 358 g/mol. The van der Waals surface area contributed by atoms with Crippen molar-refractivity contribution >= 4 is 22.7 Å². The van der Waals surface area contributed by atoms with Crippen molar-refractivity contribution in [2.75, 3.05) is 26.3 Å². The highest BCUT2D eigenvalue weighted by atomic mass is 16.5. The van der Waals surface area contributed by atoms with Gasteiger partial charge in [-0.15, -0.1) is 0 Å². The van der Waals surface area contributed by atoms with Gasteiger partial charge in [-0.2, -0.15) is 0 Å². The maximum absolute atomic E-state index is 12.7. The predicted molar refractivity (Wildman–Crippen MR) is 95.9 cm³/mol. The molecule has 2 amide bonds. The number of ether oxygens (including phenoxy) is 1. The van der Waals surface area contributed by atoms with E-state index in [1.807, 2.05) is 13.8 Å². The van der Waals surface area contributed by atoms with E-state index in [4.69, 9.17) is 4.74 Å². The van der Waals surface area contributed by atoms with Gasteiger partial charge in [0.25, 0.3) is 11.5 Å². The fourth-order valence-corrected chi connectivity index (χ4v) is 2.90. The number of nitrogens with zero attached hydrogens (tertiary/aromatic N) is 2. The Morgan fingerprint density at radius 2 is 1.92 bits per heavy atom.